The number of aliphatic hydroxyl groups is 1. The zero-order valence-corrected chi connectivity index (χ0v) is 21.6. The second-order valence-corrected chi connectivity index (χ2v) is 9.70. The van der Waals surface area contributed by atoms with Crippen molar-refractivity contribution in [3.63, 3.8) is 0 Å². The summed E-state index contributed by atoms with van der Waals surface area (Å²) >= 11 is 6.29. The van der Waals surface area contributed by atoms with E-state index < -0.39 is 5.41 Å². The van der Waals surface area contributed by atoms with E-state index in [0.29, 0.717) is 35.1 Å². The Morgan fingerprint density at radius 3 is 2.27 bits per heavy atom. The van der Waals surface area contributed by atoms with Gasteiger partial charge in [-0.2, -0.15) is 0 Å². The van der Waals surface area contributed by atoms with Gasteiger partial charge >= 0.3 is 0 Å². The smallest absolute Gasteiger partial charge is 0.232 e. The average molecular weight is 522 g/mol. The molecule has 1 atom stereocenters. The van der Waals surface area contributed by atoms with E-state index in [0.717, 1.165) is 24.1 Å². The van der Waals surface area contributed by atoms with Gasteiger partial charge in [-0.25, -0.2) is 0 Å². The number of rotatable bonds is 10. The third kappa shape index (κ3) is 5.49. The highest BCUT2D eigenvalue weighted by Crippen LogP contribution is 2.43. The molecule has 2 amide bonds. The van der Waals surface area contributed by atoms with Gasteiger partial charge in [-0.05, 0) is 36.1 Å². The van der Waals surface area contributed by atoms with Crippen molar-refractivity contribution in [1.29, 1.82) is 0 Å². The number of nitrogens with one attached hydrogen (secondary N) is 1. The summed E-state index contributed by atoms with van der Waals surface area (Å²) in [6, 6.07) is 22.6. The number of likely N-dealkylation sites (tertiary alicyclic amines) is 1. The summed E-state index contributed by atoms with van der Waals surface area (Å²) in [4.78, 5) is 28.2. The number of nitrogens with two attached hydrogens (primary N) is 1. The van der Waals surface area contributed by atoms with Crippen molar-refractivity contribution in [2.75, 3.05) is 32.1 Å². The molecule has 1 saturated heterocycles. The Morgan fingerprint density at radius 1 is 1.11 bits per heavy atom. The number of anilines is 1. The quantitative estimate of drug-likeness (QED) is 0.374. The van der Waals surface area contributed by atoms with Crippen LogP contribution in [0.3, 0.4) is 0 Å². The third-order valence-corrected chi connectivity index (χ3v) is 7.51. The van der Waals surface area contributed by atoms with Crippen LogP contribution in [0.1, 0.15) is 29.5 Å². The summed E-state index contributed by atoms with van der Waals surface area (Å²) in [6.45, 7) is 1.71. The van der Waals surface area contributed by atoms with E-state index in [4.69, 9.17) is 22.1 Å². The van der Waals surface area contributed by atoms with Crippen LogP contribution in [0.2, 0.25) is 5.02 Å². The van der Waals surface area contributed by atoms with Gasteiger partial charge in [0.2, 0.25) is 11.8 Å². The molecular weight excluding hydrogens is 490 g/mol. The van der Waals surface area contributed by atoms with Crippen LogP contribution in [0.4, 0.5) is 5.69 Å². The van der Waals surface area contributed by atoms with Crippen molar-refractivity contribution >= 4 is 29.1 Å². The van der Waals surface area contributed by atoms with Crippen molar-refractivity contribution in [3.05, 3.63) is 94.5 Å². The third-order valence-electron chi connectivity index (χ3n) is 7.20. The summed E-state index contributed by atoms with van der Waals surface area (Å²) in [6.07, 6.45) is 1.04. The van der Waals surface area contributed by atoms with E-state index in [2.05, 4.69) is 10.2 Å². The van der Waals surface area contributed by atoms with Crippen molar-refractivity contribution in [2.45, 2.75) is 24.9 Å². The van der Waals surface area contributed by atoms with Crippen molar-refractivity contribution in [3.8, 4) is 5.75 Å². The van der Waals surface area contributed by atoms with Crippen molar-refractivity contribution in [1.82, 2.24) is 4.90 Å². The number of hydrogen-bond donors (Lipinski definition) is 3. The lowest BCUT2D eigenvalue weighted by Crippen LogP contribution is -2.49. The summed E-state index contributed by atoms with van der Waals surface area (Å²) in [5.41, 5.74) is 7.95. The molecule has 1 fully saturated rings. The Labute approximate surface area is 222 Å². The largest absolute Gasteiger partial charge is 0.496 e. The number of ether oxygens (including phenoxy) is 1. The number of carbonyl (C=O) groups is 2. The first-order chi connectivity index (χ1) is 17.9. The molecule has 0 unspecified atom stereocenters. The maximum atomic E-state index is 13.2. The fraction of sp³-hybridized carbons (Fsp3) is 0.310. The number of methoxy groups -OCH3 is 1. The number of halogens is 1. The molecule has 0 saturated carbocycles. The molecule has 194 valence electrons. The SMILES string of the molecule is COc1cc(NC(=O)CCN2CC[C@@H](C(C(N)=O)(c3ccccc3)c3ccccc3)C2)c(Cl)cc1CO. The molecule has 4 N–H and O–H groups in total. The van der Waals surface area contributed by atoms with Gasteiger partial charge in [0.1, 0.15) is 11.2 Å². The van der Waals surface area contributed by atoms with Gasteiger partial charge < -0.3 is 25.8 Å². The number of primary amides is 1. The Kier molecular flexibility index (Phi) is 8.48. The minimum absolute atomic E-state index is 0.0393. The van der Waals surface area contributed by atoms with E-state index in [-0.39, 0.29) is 30.8 Å². The lowest BCUT2D eigenvalue weighted by molar-refractivity contribution is -0.124. The van der Waals surface area contributed by atoms with Gasteiger partial charge in [0, 0.05) is 31.1 Å². The van der Waals surface area contributed by atoms with Crippen molar-refractivity contribution < 1.29 is 19.4 Å². The fourth-order valence-corrected chi connectivity index (χ4v) is 5.62. The van der Waals surface area contributed by atoms with Gasteiger partial charge in [0.25, 0.3) is 0 Å². The standard InChI is InChI=1S/C29H32ClN3O4/c1-37-26-17-25(24(30)16-20(26)19-34)32-27(35)13-15-33-14-12-23(18-33)29(28(31)36,21-8-4-2-5-9-21)22-10-6-3-7-11-22/h2-11,16-17,23,34H,12-15,18-19H2,1H3,(H2,31,36)(H,32,35)/t23-/m1/s1. The zero-order chi connectivity index (χ0) is 26.4. The van der Waals surface area contributed by atoms with E-state index >= 15 is 0 Å². The van der Waals surface area contributed by atoms with Gasteiger partial charge in [-0.3, -0.25) is 9.59 Å². The van der Waals surface area contributed by atoms with Crippen LogP contribution < -0.4 is 15.8 Å². The number of aliphatic hydroxyl groups excluding tert-OH is 1. The maximum absolute atomic E-state index is 13.2. The number of benzene rings is 3. The summed E-state index contributed by atoms with van der Waals surface area (Å²) in [7, 11) is 1.49. The monoisotopic (exact) mass is 521 g/mol. The predicted octanol–water partition coefficient (Wildman–Crippen LogP) is 3.96. The predicted molar refractivity (Wildman–Crippen MR) is 145 cm³/mol. The van der Waals surface area contributed by atoms with Crippen LogP contribution in [0.15, 0.2) is 72.8 Å². The van der Waals surface area contributed by atoms with E-state index in [9.17, 15) is 14.7 Å². The lowest BCUT2D eigenvalue weighted by atomic mass is 9.64. The van der Waals surface area contributed by atoms with Gasteiger partial charge in [-0.1, -0.05) is 72.3 Å². The molecule has 0 bridgehead atoms. The van der Waals surface area contributed by atoms with Crippen LogP contribution in [0.5, 0.6) is 5.75 Å². The molecule has 4 rings (SSSR count). The molecule has 3 aromatic carbocycles. The number of hydrogen-bond acceptors (Lipinski definition) is 5. The number of carbonyl (C=O) groups excluding carboxylic acids is 2. The maximum Gasteiger partial charge on any atom is 0.232 e. The van der Waals surface area contributed by atoms with Gasteiger partial charge in [0.15, 0.2) is 0 Å². The Morgan fingerprint density at radius 2 is 1.73 bits per heavy atom. The number of nitrogens with zero attached hydrogens (tertiary/aromatic N) is 1. The minimum Gasteiger partial charge on any atom is -0.496 e. The first-order valence-electron chi connectivity index (χ1n) is 12.3. The normalized spacial score (nSPS) is 15.9. The molecule has 0 aromatic heterocycles. The molecule has 3 aromatic rings. The highest BCUT2D eigenvalue weighted by Gasteiger charge is 2.49. The topological polar surface area (TPSA) is 105 Å². The molecule has 37 heavy (non-hydrogen) atoms. The van der Waals surface area contributed by atoms with Crippen LogP contribution in [0, 0.1) is 5.92 Å². The first kappa shape index (κ1) is 26.7. The first-order valence-corrected chi connectivity index (χ1v) is 12.7. The number of amides is 2. The van der Waals surface area contributed by atoms with E-state index in [1.807, 2.05) is 60.7 Å². The minimum atomic E-state index is -0.960. The Bertz CT molecular complexity index is 1200. The Hall–Kier alpha value is -3.39. The molecule has 0 aliphatic carbocycles. The highest BCUT2D eigenvalue weighted by atomic mass is 35.5. The molecule has 8 heteroatoms. The molecule has 1 heterocycles. The average Bonchev–Trinajstić information content (AvgIpc) is 3.39. The molecule has 1 aliphatic rings. The van der Waals surface area contributed by atoms with Crippen LogP contribution in [-0.4, -0.2) is 48.6 Å². The molecule has 0 spiro atoms. The summed E-state index contributed by atoms with van der Waals surface area (Å²) < 4.78 is 5.27. The molecular formula is C29H32ClN3O4. The fourth-order valence-electron chi connectivity index (χ4n) is 5.39. The molecule has 1 aliphatic heterocycles. The van der Waals surface area contributed by atoms with Gasteiger partial charge in [0.05, 0.1) is 24.4 Å². The van der Waals surface area contributed by atoms with Crippen LogP contribution in [0.25, 0.3) is 0 Å². The van der Waals surface area contributed by atoms with Crippen molar-refractivity contribution in [2.24, 2.45) is 11.7 Å². The van der Waals surface area contributed by atoms with Gasteiger partial charge in [-0.15, -0.1) is 0 Å². The van der Waals surface area contributed by atoms with Crippen LogP contribution >= 0.6 is 11.6 Å². The second-order valence-electron chi connectivity index (χ2n) is 9.29. The Balaban J connectivity index is 1.48. The van der Waals surface area contributed by atoms with E-state index in [1.54, 1.807) is 12.1 Å². The van der Waals surface area contributed by atoms with Crippen LogP contribution in [-0.2, 0) is 21.6 Å². The molecule has 7 nitrogen and oxygen atoms in total. The summed E-state index contributed by atoms with van der Waals surface area (Å²) in [5.74, 6) is -0.141. The summed E-state index contributed by atoms with van der Waals surface area (Å²) in [5, 5.41) is 12.6. The van der Waals surface area contributed by atoms with E-state index in [1.165, 1.54) is 7.11 Å². The molecule has 0 radical (unpaired) electrons. The highest BCUT2D eigenvalue weighted by molar-refractivity contribution is 6.33. The second kappa shape index (κ2) is 11.8. The lowest BCUT2D eigenvalue weighted by Gasteiger charge is -2.37. The zero-order valence-electron chi connectivity index (χ0n) is 20.8.